The van der Waals surface area contributed by atoms with Gasteiger partial charge in [-0.15, -0.1) is 0 Å². The van der Waals surface area contributed by atoms with Gasteiger partial charge >= 0.3 is 5.69 Å². The van der Waals surface area contributed by atoms with Crippen molar-refractivity contribution in [3.63, 3.8) is 0 Å². The largest absolute Gasteiger partial charge is 0.508 e. The first kappa shape index (κ1) is 12.5. The highest BCUT2D eigenvalue weighted by Gasteiger charge is 2.10. The summed E-state index contributed by atoms with van der Waals surface area (Å²) >= 11 is 5.84. The number of nitrogens with zero attached hydrogens (tertiary/aromatic N) is 1. The average Bonchev–Trinajstić information content (AvgIpc) is 2.38. The zero-order chi connectivity index (χ0) is 14.3. The van der Waals surface area contributed by atoms with Gasteiger partial charge in [0.2, 0.25) is 0 Å². The van der Waals surface area contributed by atoms with Gasteiger partial charge in [0, 0.05) is 11.1 Å². The van der Waals surface area contributed by atoms with Gasteiger partial charge < -0.3 is 10.1 Å². The van der Waals surface area contributed by atoms with Crippen LogP contribution in [0.1, 0.15) is 0 Å². The molecule has 3 aromatic rings. The van der Waals surface area contributed by atoms with Gasteiger partial charge in [0.15, 0.2) is 0 Å². The van der Waals surface area contributed by atoms with Gasteiger partial charge in [-0.2, -0.15) is 0 Å². The number of halogens is 1. The summed E-state index contributed by atoms with van der Waals surface area (Å²) in [5.41, 5.74) is -0.376. The van der Waals surface area contributed by atoms with Crippen LogP contribution in [-0.2, 0) is 0 Å². The van der Waals surface area contributed by atoms with Gasteiger partial charge in [-0.25, -0.2) is 9.36 Å². The third kappa shape index (κ3) is 1.98. The first-order valence-corrected chi connectivity index (χ1v) is 6.18. The molecular formula is C14H9ClN2O3. The smallest absolute Gasteiger partial charge is 0.333 e. The molecule has 0 fully saturated rings. The van der Waals surface area contributed by atoms with Gasteiger partial charge in [0.05, 0.1) is 16.6 Å². The van der Waals surface area contributed by atoms with E-state index in [-0.39, 0.29) is 5.75 Å². The molecule has 6 heteroatoms. The maximum absolute atomic E-state index is 12.4. The summed E-state index contributed by atoms with van der Waals surface area (Å²) in [4.78, 5) is 27.0. The summed E-state index contributed by atoms with van der Waals surface area (Å²) in [7, 11) is 0. The Hall–Kier alpha value is -2.53. The molecule has 0 amide bonds. The summed E-state index contributed by atoms with van der Waals surface area (Å²) in [6, 6.07) is 10.6. The molecule has 20 heavy (non-hydrogen) atoms. The lowest BCUT2D eigenvalue weighted by Gasteiger charge is -2.06. The quantitative estimate of drug-likeness (QED) is 0.719. The SMILES string of the molecule is O=c1[nH]c2cc(Cl)ccc2c(=O)n1-c1cccc(O)c1. The fourth-order valence-electron chi connectivity index (χ4n) is 2.06. The molecule has 0 unspecified atom stereocenters. The number of phenolic OH excluding ortho intramolecular Hbond substituents is 1. The number of aromatic nitrogens is 2. The van der Waals surface area contributed by atoms with E-state index in [9.17, 15) is 14.7 Å². The highest BCUT2D eigenvalue weighted by molar-refractivity contribution is 6.31. The Bertz CT molecular complexity index is 928. The van der Waals surface area contributed by atoms with E-state index in [1.54, 1.807) is 24.3 Å². The molecule has 1 heterocycles. The predicted octanol–water partition coefficient (Wildman–Crippen LogP) is 2.04. The van der Waals surface area contributed by atoms with Crippen molar-refractivity contribution in [2.45, 2.75) is 0 Å². The topological polar surface area (TPSA) is 75.1 Å². The van der Waals surface area contributed by atoms with E-state index in [1.807, 2.05) is 0 Å². The zero-order valence-corrected chi connectivity index (χ0v) is 10.9. The fraction of sp³-hybridized carbons (Fsp3) is 0. The Labute approximate surface area is 117 Å². The van der Waals surface area contributed by atoms with Crippen molar-refractivity contribution in [2.24, 2.45) is 0 Å². The summed E-state index contributed by atoms with van der Waals surface area (Å²) in [6.45, 7) is 0. The number of aromatic amines is 1. The molecule has 0 radical (unpaired) electrons. The Morgan fingerprint density at radius 2 is 1.90 bits per heavy atom. The minimum atomic E-state index is -0.588. The second kappa shape index (κ2) is 4.54. The lowest BCUT2D eigenvalue weighted by molar-refractivity contribution is 0.475. The van der Waals surface area contributed by atoms with Crippen LogP contribution in [0.15, 0.2) is 52.1 Å². The molecule has 1 aromatic heterocycles. The van der Waals surface area contributed by atoms with Crippen LogP contribution in [0.2, 0.25) is 5.02 Å². The molecule has 0 atom stereocenters. The molecule has 0 aliphatic rings. The van der Waals surface area contributed by atoms with E-state index >= 15 is 0 Å². The molecule has 2 N–H and O–H groups in total. The van der Waals surface area contributed by atoms with Crippen molar-refractivity contribution in [2.75, 3.05) is 0 Å². The van der Waals surface area contributed by atoms with Crippen LogP contribution in [0.3, 0.4) is 0 Å². The monoisotopic (exact) mass is 288 g/mol. The predicted molar refractivity (Wildman–Crippen MR) is 76.8 cm³/mol. The second-order valence-electron chi connectivity index (χ2n) is 4.28. The van der Waals surface area contributed by atoms with Gasteiger partial charge in [-0.05, 0) is 30.3 Å². The third-order valence-corrected chi connectivity index (χ3v) is 3.18. The van der Waals surface area contributed by atoms with Crippen molar-refractivity contribution < 1.29 is 5.11 Å². The van der Waals surface area contributed by atoms with Crippen LogP contribution in [0.5, 0.6) is 5.75 Å². The first-order chi connectivity index (χ1) is 9.56. The number of rotatable bonds is 1. The summed E-state index contributed by atoms with van der Waals surface area (Å²) in [6.07, 6.45) is 0. The highest BCUT2D eigenvalue weighted by Crippen LogP contribution is 2.15. The first-order valence-electron chi connectivity index (χ1n) is 5.80. The summed E-state index contributed by atoms with van der Waals surface area (Å²) < 4.78 is 0.968. The van der Waals surface area contributed by atoms with Crippen molar-refractivity contribution in [3.05, 3.63) is 68.3 Å². The molecule has 5 nitrogen and oxygen atoms in total. The molecule has 0 bridgehead atoms. The van der Waals surface area contributed by atoms with Crippen molar-refractivity contribution >= 4 is 22.5 Å². The number of phenols is 1. The van der Waals surface area contributed by atoms with Gasteiger partial charge in [-0.1, -0.05) is 17.7 Å². The maximum Gasteiger partial charge on any atom is 0.333 e. The number of fused-ring (bicyclic) bond motifs is 1. The molecule has 0 saturated carbocycles. The molecule has 0 aliphatic heterocycles. The van der Waals surface area contributed by atoms with Crippen LogP contribution < -0.4 is 11.2 Å². The van der Waals surface area contributed by atoms with Crippen molar-refractivity contribution in [1.29, 1.82) is 0 Å². The normalized spacial score (nSPS) is 10.8. The maximum atomic E-state index is 12.4. The van der Waals surface area contributed by atoms with Crippen LogP contribution in [0.25, 0.3) is 16.6 Å². The van der Waals surface area contributed by atoms with Crippen LogP contribution in [0.4, 0.5) is 0 Å². The van der Waals surface area contributed by atoms with Crippen molar-refractivity contribution in [3.8, 4) is 11.4 Å². The van der Waals surface area contributed by atoms with Crippen molar-refractivity contribution in [1.82, 2.24) is 9.55 Å². The Morgan fingerprint density at radius 1 is 1.10 bits per heavy atom. The Kier molecular flexibility index (Phi) is 2.84. The summed E-state index contributed by atoms with van der Waals surface area (Å²) in [5.74, 6) is -0.0231. The second-order valence-corrected chi connectivity index (χ2v) is 4.72. The fourth-order valence-corrected chi connectivity index (χ4v) is 2.23. The highest BCUT2D eigenvalue weighted by atomic mass is 35.5. The molecular weight excluding hydrogens is 280 g/mol. The van der Waals surface area contributed by atoms with Crippen LogP contribution >= 0.6 is 11.6 Å². The number of nitrogens with one attached hydrogen (secondary N) is 1. The standard InChI is InChI=1S/C14H9ClN2O3/c15-8-4-5-11-12(6-8)16-14(20)17(13(11)19)9-2-1-3-10(18)7-9/h1-7,18H,(H,16,20). The zero-order valence-electron chi connectivity index (χ0n) is 10.1. The van der Waals surface area contributed by atoms with E-state index in [4.69, 9.17) is 11.6 Å². The van der Waals surface area contributed by atoms with Gasteiger partial charge in [0.1, 0.15) is 5.75 Å². The minimum Gasteiger partial charge on any atom is -0.508 e. The van der Waals surface area contributed by atoms with E-state index < -0.39 is 11.2 Å². The molecule has 3 rings (SSSR count). The number of benzene rings is 2. The molecule has 0 aliphatic carbocycles. The number of hydrogen-bond donors (Lipinski definition) is 2. The van der Waals surface area contributed by atoms with E-state index in [0.717, 1.165) is 4.57 Å². The van der Waals surface area contributed by atoms with E-state index in [2.05, 4.69) is 4.98 Å². The minimum absolute atomic E-state index is 0.0231. The van der Waals surface area contributed by atoms with E-state index in [0.29, 0.717) is 21.6 Å². The molecule has 100 valence electrons. The number of aromatic hydroxyl groups is 1. The Morgan fingerprint density at radius 3 is 2.65 bits per heavy atom. The lowest BCUT2D eigenvalue weighted by atomic mass is 10.2. The number of hydrogen-bond acceptors (Lipinski definition) is 3. The summed E-state index contributed by atoms with van der Waals surface area (Å²) in [5, 5.41) is 10.2. The number of H-pyrrole nitrogens is 1. The van der Waals surface area contributed by atoms with E-state index in [1.165, 1.54) is 18.2 Å². The molecule has 2 aromatic carbocycles. The van der Waals surface area contributed by atoms with Crippen LogP contribution in [0, 0.1) is 0 Å². The Balaban J connectivity index is 2.41. The average molecular weight is 289 g/mol. The van der Waals surface area contributed by atoms with Crippen LogP contribution in [-0.4, -0.2) is 14.7 Å². The lowest BCUT2D eigenvalue weighted by Crippen LogP contribution is -2.33. The molecule has 0 spiro atoms. The molecule has 0 saturated heterocycles. The third-order valence-electron chi connectivity index (χ3n) is 2.95. The van der Waals surface area contributed by atoms with Gasteiger partial charge in [0.25, 0.3) is 5.56 Å². The van der Waals surface area contributed by atoms with Gasteiger partial charge in [-0.3, -0.25) is 4.79 Å².